The zero-order valence-corrected chi connectivity index (χ0v) is 12.1. The molecule has 1 aromatic rings. The predicted molar refractivity (Wildman–Crippen MR) is 76.9 cm³/mol. The van der Waals surface area contributed by atoms with Gasteiger partial charge in [0.2, 0.25) is 0 Å². The van der Waals surface area contributed by atoms with Crippen LogP contribution in [-0.2, 0) is 11.2 Å². The Balaban J connectivity index is 2.42. The highest BCUT2D eigenvalue weighted by Gasteiger charge is 2.27. The highest BCUT2D eigenvalue weighted by Crippen LogP contribution is 2.30. The molecule has 0 aliphatic heterocycles. The number of Topliss-reactive ketones (excluding diaryl/α,β-unsaturated/α-hetero) is 2. The molecule has 0 unspecified atom stereocenters. The third kappa shape index (κ3) is 2.90. The summed E-state index contributed by atoms with van der Waals surface area (Å²) in [6, 6.07) is 5.28. The monoisotopic (exact) mass is 296 g/mol. The van der Waals surface area contributed by atoms with Gasteiger partial charge in [0.25, 0.3) is 0 Å². The van der Waals surface area contributed by atoms with Gasteiger partial charge in [-0.25, -0.2) is 0 Å². The van der Waals surface area contributed by atoms with Gasteiger partial charge in [0.1, 0.15) is 0 Å². The van der Waals surface area contributed by atoms with E-state index in [9.17, 15) is 9.59 Å². The van der Waals surface area contributed by atoms with Crippen molar-refractivity contribution < 1.29 is 9.59 Å². The first-order valence-corrected chi connectivity index (χ1v) is 7.05. The minimum absolute atomic E-state index is 0.110. The van der Waals surface area contributed by atoms with Gasteiger partial charge in [-0.3, -0.25) is 9.59 Å². The molecule has 2 nitrogen and oxygen atoms in total. The topological polar surface area (TPSA) is 34.1 Å². The second-order valence-corrected chi connectivity index (χ2v) is 5.42. The summed E-state index contributed by atoms with van der Waals surface area (Å²) in [6.45, 7) is 2.01. The van der Waals surface area contributed by atoms with E-state index in [4.69, 9.17) is 23.2 Å². The van der Waals surface area contributed by atoms with Crippen LogP contribution < -0.4 is 0 Å². The van der Waals surface area contributed by atoms with E-state index in [0.29, 0.717) is 34.9 Å². The molecule has 1 aliphatic rings. The van der Waals surface area contributed by atoms with Gasteiger partial charge in [-0.05, 0) is 37.0 Å². The van der Waals surface area contributed by atoms with Crippen LogP contribution in [0.3, 0.4) is 0 Å². The van der Waals surface area contributed by atoms with E-state index >= 15 is 0 Å². The van der Waals surface area contributed by atoms with Crippen molar-refractivity contribution in [2.45, 2.75) is 32.6 Å². The molecular weight excluding hydrogens is 283 g/mol. The highest BCUT2D eigenvalue weighted by atomic mass is 35.5. The second kappa shape index (κ2) is 5.89. The summed E-state index contributed by atoms with van der Waals surface area (Å²) in [5, 5.41) is 0.733. The van der Waals surface area contributed by atoms with Gasteiger partial charge in [0, 0.05) is 17.0 Å². The molecule has 0 amide bonds. The first-order valence-electron chi connectivity index (χ1n) is 6.29. The van der Waals surface area contributed by atoms with Crippen LogP contribution in [0.5, 0.6) is 0 Å². The molecule has 1 aliphatic carbocycles. The van der Waals surface area contributed by atoms with E-state index < -0.39 is 0 Å². The Hall–Kier alpha value is -1.12. The van der Waals surface area contributed by atoms with Crippen molar-refractivity contribution in [3.8, 4) is 0 Å². The first kappa shape index (κ1) is 14.3. The second-order valence-electron chi connectivity index (χ2n) is 4.55. The average molecular weight is 297 g/mol. The Bertz CT molecular complexity index is 574. The van der Waals surface area contributed by atoms with E-state index in [1.807, 2.05) is 13.0 Å². The van der Waals surface area contributed by atoms with Gasteiger partial charge < -0.3 is 0 Å². The number of aryl methyl sites for hydroxylation is 1. The summed E-state index contributed by atoms with van der Waals surface area (Å²) < 4.78 is 0. The molecule has 0 atom stereocenters. The lowest BCUT2D eigenvalue weighted by Gasteiger charge is -2.14. The maximum absolute atomic E-state index is 12.4. The standard InChI is InChI=1S/C15H14Cl2O2/c1-2-9-6-7-10(12(17)8-9)15(19)14-11(16)4-3-5-13(14)18/h6-8H,2-5H2,1H3. The Morgan fingerprint density at radius 1 is 1.26 bits per heavy atom. The number of benzene rings is 1. The van der Waals surface area contributed by atoms with Gasteiger partial charge in [0.15, 0.2) is 11.6 Å². The lowest BCUT2D eigenvalue weighted by molar-refractivity contribution is -0.115. The summed E-state index contributed by atoms with van der Waals surface area (Å²) >= 11 is 12.1. The van der Waals surface area contributed by atoms with Gasteiger partial charge in [-0.15, -0.1) is 0 Å². The minimum Gasteiger partial charge on any atom is -0.294 e. The molecule has 2 rings (SSSR count). The molecule has 0 bridgehead atoms. The number of carbonyl (C=O) groups is 2. The normalized spacial score (nSPS) is 15.8. The van der Waals surface area contributed by atoms with Crippen LogP contribution in [0.15, 0.2) is 28.8 Å². The van der Waals surface area contributed by atoms with Gasteiger partial charge in [0.05, 0.1) is 10.6 Å². The SMILES string of the molecule is CCc1ccc(C(=O)C2=C(Cl)CCCC2=O)c(Cl)c1. The van der Waals surface area contributed by atoms with Crippen LogP contribution >= 0.6 is 23.2 Å². The highest BCUT2D eigenvalue weighted by molar-refractivity contribution is 6.42. The Labute approximate surface area is 122 Å². The predicted octanol–water partition coefficient (Wildman–Crippen LogP) is 4.33. The van der Waals surface area contributed by atoms with Crippen LogP contribution in [0, 0.1) is 0 Å². The van der Waals surface area contributed by atoms with Crippen molar-refractivity contribution in [2.24, 2.45) is 0 Å². The van der Waals surface area contributed by atoms with Crippen LogP contribution in [0.4, 0.5) is 0 Å². The lowest BCUT2D eigenvalue weighted by atomic mass is 9.91. The van der Waals surface area contributed by atoms with E-state index in [1.54, 1.807) is 12.1 Å². The fourth-order valence-electron chi connectivity index (χ4n) is 2.15. The number of halogens is 2. The third-order valence-corrected chi connectivity index (χ3v) is 3.95. The largest absolute Gasteiger partial charge is 0.294 e. The fraction of sp³-hybridized carbons (Fsp3) is 0.333. The number of ketones is 2. The summed E-state index contributed by atoms with van der Waals surface area (Å²) in [6.07, 6.45) is 2.51. The first-order chi connectivity index (χ1) is 9.04. The molecule has 0 N–H and O–H groups in total. The van der Waals surface area contributed by atoms with Crippen molar-refractivity contribution in [2.75, 3.05) is 0 Å². The van der Waals surface area contributed by atoms with Crippen molar-refractivity contribution in [1.82, 2.24) is 0 Å². The van der Waals surface area contributed by atoms with Gasteiger partial charge >= 0.3 is 0 Å². The molecule has 4 heteroatoms. The quantitative estimate of drug-likeness (QED) is 0.614. The number of hydrogen-bond donors (Lipinski definition) is 0. The summed E-state index contributed by atoms with van der Waals surface area (Å²) in [5.41, 5.74) is 1.51. The van der Waals surface area contributed by atoms with Crippen molar-refractivity contribution in [3.05, 3.63) is 45.0 Å². The molecule has 0 saturated heterocycles. The fourth-order valence-corrected chi connectivity index (χ4v) is 2.77. The van der Waals surface area contributed by atoms with E-state index in [2.05, 4.69) is 0 Å². The van der Waals surface area contributed by atoms with E-state index in [1.165, 1.54) is 0 Å². The molecule has 0 spiro atoms. The third-order valence-electron chi connectivity index (χ3n) is 3.26. The van der Waals surface area contributed by atoms with E-state index in [-0.39, 0.29) is 17.1 Å². The molecule has 0 fully saturated rings. The molecule has 19 heavy (non-hydrogen) atoms. The summed E-state index contributed by atoms with van der Waals surface area (Å²) in [7, 11) is 0. The molecule has 1 aromatic carbocycles. The molecule has 0 saturated carbocycles. The number of hydrogen-bond acceptors (Lipinski definition) is 2. The zero-order chi connectivity index (χ0) is 14.0. The smallest absolute Gasteiger partial charge is 0.199 e. The Morgan fingerprint density at radius 3 is 2.58 bits per heavy atom. The molecule has 0 heterocycles. The van der Waals surface area contributed by atoms with Crippen molar-refractivity contribution in [3.63, 3.8) is 0 Å². The molecule has 100 valence electrons. The maximum atomic E-state index is 12.4. The number of allylic oxidation sites excluding steroid dienone is 2. The van der Waals surface area contributed by atoms with Crippen LogP contribution in [0.25, 0.3) is 0 Å². The van der Waals surface area contributed by atoms with E-state index in [0.717, 1.165) is 12.0 Å². The van der Waals surface area contributed by atoms with Gasteiger partial charge in [-0.1, -0.05) is 36.2 Å². The molecule has 0 radical (unpaired) electrons. The number of rotatable bonds is 3. The molecular formula is C15H14Cl2O2. The van der Waals surface area contributed by atoms with Gasteiger partial charge in [-0.2, -0.15) is 0 Å². The Kier molecular flexibility index (Phi) is 4.43. The van der Waals surface area contributed by atoms with Crippen LogP contribution in [-0.4, -0.2) is 11.6 Å². The van der Waals surface area contributed by atoms with Crippen molar-refractivity contribution in [1.29, 1.82) is 0 Å². The summed E-state index contributed by atoms with van der Waals surface area (Å²) in [5.74, 6) is -0.542. The zero-order valence-electron chi connectivity index (χ0n) is 10.6. The summed E-state index contributed by atoms with van der Waals surface area (Å²) in [4.78, 5) is 24.2. The number of carbonyl (C=O) groups excluding carboxylic acids is 2. The molecule has 0 aromatic heterocycles. The van der Waals surface area contributed by atoms with Crippen molar-refractivity contribution >= 4 is 34.8 Å². The van der Waals surface area contributed by atoms with Crippen LogP contribution in [0.2, 0.25) is 5.02 Å². The lowest BCUT2D eigenvalue weighted by Crippen LogP contribution is -2.18. The minimum atomic E-state index is -0.359. The average Bonchev–Trinajstić information content (AvgIpc) is 2.38. The Morgan fingerprint density at radius 2 is 2.00 bits per heavy atom. The maximum Gasteiger partial charge on any atom is 0.199 e. The van der Waals surface area contributed by atoms with Crippen LogP contribution in [0.1, 0.15) is 42.1 Å².